The number of halogens is 1. The minimum absolute atomic E-state index is 0.00459. The van der Waals surface area contributed by atoms with E-state index < -0.39 is 0 Å². The Morgan fingerprint density at radius 3 is 2.32 bits per heavy atom. The van der Waals surface area contributed by atoms with Crippen molar-refractivity contribution >= 4 is 23.4 Å². The number of fused-ring (bicyclic) bond motifs is 1. The second kappa shape index (κ2) is 11.1. The zero-order valence-electron chi connectivity index (χ0n) is 19.8. The van der Waals surface area contributed by atoms with Gasteiger partial charge in [0.25, 0.3) is 5.91 Å². The van der Waals surface area contributed by atoms with Crippen LogP contribution in [-0.4, -0.2) is 67.6 Å². The van der Waals surface area contributed by atoms with E-state index in [1.54, 1.807) is 24.3 Å². The van der Waals surface area contributed by atoms with Crippen LogP contribution >= 0.6 is 11.6 Å². The van der Waals surface area contributed by atoms with Crippen LogP contribution in [0.5, 0.6) is 11.5 Å². The molecule has 2 aromatic rings. The average molecular weight is 486 g/mol. The van der Waals surface area contributed by atoms with Crippen molar-refractivity contribution in [3.63, 3.8) is 0 Å². The maximum Gasteiger partial charge on any atom is 0.253 e. The van der Waals surface area contributed by atoms with Crippen molar-refractivity contribution < 1.29 is 19.1 Å². The van der Waals surface area contributed by atoms with Crippen molar-refractivity contribution in [2.75, 3.05) is 45.9 Å². The van der Waals surface area contributed by atoms with E-state index in [-0.39, 0.29) is 23.8 Å². The number of carbonyl (C=O) groups excluding carboxylic acids is 2. The number of ether oxygens (including phenoxy) is 2. The lowest BCUT2D eigenvalue weighted by Crippen LogP contribution is -2.51. The lowest BCUT2D eigenvalue weighted by molar-refractivity contribution is -0.123. The summed E-state index contributed by atoms with van der Waals surface area (Å²) in [6.07, 6.45) is 0.854. The van der Waals surface area contributed by atoms with E-state index in [0.717, 1.165) is 23.5 Å². The van der Waals surface area contributed by atoms with Crippen LogP contribution in [0.4, 0.5) is 0 Å². The van der Waals surface area contributed by atoms with Gasteiger partial charge in [-0.25, -0.2) is 0 Å². The summed E-state index contributed by atoms with van der Waals surface area (Å²) in [7, 11) is 0. The zero-order chi connectivity index (χ0) is 24.1. The smallest absolute Gasteiger partial charge is 0.253 e. The quantitative estimate of drug-likeness (QED) is 0.674. The third-order valence-electron chi connectivity index (χ3n) is 6.23. The molecule has 1 fully saturated rings. The first-order chi connectivity index (χ1) is 16.4. The number of nitrogens with one attached hydrogen (secondary N) is 1. The molecule has 2 amide bonds. The normalized spacial score (nSPS) is 17.2. The molecule has 0 spiro atoms. The zero-order valence-corrected chi connectivity index (χ0v) is 20.5. The van der Waals surface area contributed by atoms with Gasteiger partial charge in [-0.1, -0.05) is 31.5 Å². The van der Waals surface area contributed by atoms with Crippen LogP contribution in [0.15, 0.2) is 42.5 Å². The number of rotatable bonds is 6. The fraction of sp³-hybridized carbons (Fsp3) is 0.462. The van der Waals surface area contributed by atoms with Gasteiger partial charge in [-0.05, 0) is 47.9 Å². The molecular weight excluding hydrogens is 454 g/mol. The van der Waals surface area contributed by atoms with Crippen LogP contribution in [-0.2, 0) is 4.79 Å². The highest BCUT2D eigenvalue weighted by atomic mass is 35.5. The lowest BCUT2D eigenvalue weighted by atomic mass is 9.95. The molecule has 0 radical (unpaired) electrons. The predicted molar refractivity (Wildman–Crippen MR) is 132 cm³/mol. The molecule has 1 N–H and O–H groups in total. The molecule has 1 saturated heterocycles. The molecule has 4 rings (SSSR count). The van der Waals surface area contributed by atoms with E-state index in [0.29, 0.717) is 56.5 Å². The Labute approximate surface area is 206 Å². The molecule has 2 aromatic carbocycles. The van der Waals surface area contributed by atoms with E-state index in [1.165, 1.54) is 0 Å². The Bertz CT molecular complexity index is 1000. The number of hydrogen-bond donors (Lipinski definition) is 1. The maximum absolute atomic E-state index is 12.9. The van der Waals surface area contributed by atoms with E-state index >= 15 is 0 Å². The molecule has 182 valence electrons. The second-order valence-electron chi connectivity index (χ2n) is 9.12. The topological polar surface area (TPSA) is 71.1 Å². The summed E-state index contributed by atoms with van der Waals surface area (Å²) in [4.78, 5) is 29.5. The van der Waals surface area contributed by atoms with Gasteiger partial charge in [-0.3, -0.25) is 14.5 Å². The van der Waals surface area contributed by atoms with Crippen molar-refractivity contribution in [1.82, 2.24) is 15.1 Å². The molecule has 2 aliphatic rings. The van der Waals surface area contributed by atoms with E-state index in [9.17, 15) is 9.59 Å². The molecule has 0 bridgehead atoms. The molecular formula is C26H32ClN3O4. The average Bonchev–Trinajstić information content (AvgIpc) is 3.08. The van der Waals surface area contributed by atoms with Crippen LogP contribution < -0.4 is 14.8 Å². The second-order valence-corrected chi connectivity index (χ2v) is 9.56. The summed E-state index contributed by atoms with van der Waals surface area (Å²) >= 11 is 5.92. The molecule has 0 aliphatic carbocycles. The van der Waals surface area contributed by atoms with Gasteiger partial charge in [0.05, 0.1) is 25.8 Å². The van der Waals surface area contributed by atoms with Gasteiger partial charge in [-0.2, -0.15) is 0 Å². The Kier molecular flexibility index (Phi) is 7.95. The van der Waals surface area contributed by atoms with Gasteiger partial charge < -0.3 is 19.7 Å². The Balaban J connectivity index is 1.31. The van der Waals surface area contributed by atoms with Gasteiger partial charge in [0, 0.05) is 43.2 Å². The fourth-order valence-electron chi connectivity index (χ4n) is 4.31. The first-order valence-electron chi connectivity index (χ1n) is 11.9. The minimum atomic E-state index is -0.127. The first-order valence-corrected chi connectivity index (χ1v) is 12.2. The number of carbonyl (C=O) groups is 2. The molecule has 2 aliphatic heterocycles. The number of nitrogens with zero attached hydrogens (tertiary/aromatic N) is 2. The highest BCUT2D eigenvalue weighted by molar-refractivity contribution is 6.30. The monoisotopic (exact) mass is 485 g/mol. The third-order valence-corrected chi connectivity index (χ3v) is 6.48. The largest absolute Gasteiger partial charge is 0.490 e. The van der Waals surface area contributed by atoms with Gasteiger partial charge >= 0.3 is 0 Å². The number of hydrogen-bond acceptors (Lipinski definition) is 5. The SMILES string of the molecule is CC(C)C(NC(=O)CN1CCN(C(=O)c2ccc(Cl)cc2)CC1)c1ccc2c(c1)OCCCO2. The van der Waals surface area contributed by atoms with Gasteiger partial charge in [0.1, 0.15) is 0 Å². The van der Waals surface area contributed by atoms with Crippen molar-refractivity contribution in [3.8, 4) is 11.5 Å². The highest BCUT2D eigenvalue weighted by Crippen LogP contribution is 2.34. The fourth-order valence-corrected chi connectivity index (χ4v) is 4.44. The molecule has 1 unspecified atom stereocenters. The number of piperazine rings is 1. The van der Waals surface area contributed by atoms with E-state index in [1.807, 2.05) is 23.1 Å². The molecule has 0 aromatic heterocycles. The Morgan fingerprint density at radius 1 is 0.971 bits per heavy atom. The number of benzene rings is 2. The van der Waals surface area contributed by atoms with Crippen LogP contribution in [0.1, 0.15) is 42.2 Å². The van der Waals surface area contributed by atoms with Crippen molar-refractivity contribution in [2.45, 2.75) is 26.3 Å². The summed E-state index contributed by atoms with van der Waals surface area (Å²) in [5.74, 6) is 1.67. The summed E-state index contributed by atoms with van der Waals surface area (Å²) in [6, 6.07) is 12.7. The third kappa shape index (κ3) is 6.02. The predicted octanol–water partition coefficient (Wildman–Crippen LogP) is 3.77. The highest BCUT2D eigenvalue weighted by Gasteiger charge is 2.25. The van der Waals surface area contributed by atoms with E-state index in [2.05, 4.69) is 24.1 Å². The number of amides is 2. The van der Waals surface area contributed by atoms with E-state index in [4.69, 9.17) is 21.1 Å². The lowest BCUT2D eigenvalue weighted by Gasteiger charge is -2.35. The Hall–Kier alpha value is -2.77. The standard InChI is InChI=1S/C26H32ClN3O4/c1-18(2)25(20-6-9-22-23(16-20)34-15-3-14-33-22)28-24(31)17-29-10-12-30(13-11-29)26(32)19-4-7-21(27)8-5-19/h4-9,16,18,25H,3,10-15,17H2,1-2H3,(H,28,31). The van der Waals surface area contributed by atoms with Crippen LogP contribution in [0.25, 0.3) is 0 Å². The maximum atomic E-state index is 12.9. The van der Waals surface area contributed by atoms with Crippen molar-refractivity contribution in [1.29, 1.82) is 0 Å². The first kappa shape index (κ1) is 24.4. The summed E-state index contributed by atoms with van der Waals surface area (Å²) in [6.45, 7) is 8.25. The molecule has 2 heterocycles. The van der Waals surface area contributed by atoms with Crippen LogP contribution in [0.3, 0.4) is 0 Å². The molecule has 8 heteroatoms. The Morgan fingerprint density at radius 2 is 1.65 bits per heavy atom. The van der Waals surface area contributed by atoms with Crippen LogP contribution in [0, 0.1) is 5.92 Å². The molecule has 1 atom stereocenters. The molecule has 34 heavy (non-hydrogen) atoms. The van der Waals surface area contributed by atoms with Crippen molar-refractivity contribution in [3.05, 3.63) is 58.6 Å². The summed E-state index contributed by atoms with van der Waals surface area (Å²) < 4.78 is 11.6. The summed E-state index contributed by atoms with van der Waals surface area (Å²) in [5, 5.41) is 3.81. The van der Waals surface area contributed by atoms with Gasteiger partial charge in [0.15, 0.2) is 11.5 Å². The minimum Gasteiger partial charge on any atom is -0.490 e. The van der Waals surface area contributed by atoms with Crippen LogP contribution in [0.2, 0.25) is 5.02 Å². The van der Waals surface area contributed by atoms with Crippen molar-refractivity contribution in [2.24, 2.45) is 5.92 Å². The molecule has 0 saturated carbocycles. The van der Waals surface area contributed by atoms with Gasteiger partial charge in [0.2, 0.25) is 5.91 Å². The molecule has 7 nitrogen and oxygen atoms in total. The summed E-state index contributed by atoms with van der Waals surface area (Å²) in [5.41, 5.74) is 1.64. The van der Waals surface area contributed by atoms with Gasteiger partial charge in [-0.15, -0.1) is 0 Å².